The van der Waals surface area contributed by atoms with Gasteiger partial charge in [0.1, 0.15) is 12.1 Å². The molecule has 29 heavy (non-hydrogen) atoms. The Morgan fingerprint density at radius 3 is 2.55 bits per heavy atom. The molecule has 0 bridgehead atoms. The second-order valence-electron chi connectivity index (χ2n) is 6.61. The Kier molecular flexibility index (Phi) is 6.33. The Bertz CT molecular complexity index is 1030. The highest BCUT2D eigenvalue weighted by Gasteiger charge is 2.20. The molecule has 1 atom stereocenters. The van der Waals surface area contributed by atoms with Crippen LogP contribution in [0.25, 0.3) is 11.0 Å². The van der Waals surface area contributed by atoms with E-state index in [1.54, 1.807) is 36.4 Å². The summed E-state index contributed by atoms with van der Waals surface area (Å²) in [5.41, 5.74) is 2.40. The molecule has 1 N–H and O–H groups in total. The summed E-state index contributed by atoms with van der Waals surface area (Å²) < 4.78 is 6.70. The number of para-hydroxylation sites is 1. The molecule has 0 spiro atoms. The van der Waals surface area contributed by atoms with Crippen molar-refractivity contribution in [3.63, 3.8) is 0 Å². The highest BCUT2D eigenvalue weighted by atomic mass is 16.5. The van der Waals surface area contributed by atoms with E-state index in [1.807, 2.05) is 19.1 Å². The van der Waals surface area contributed by atoms with Gasteiger partial charge in [0.05, 0.1) is 5.52 Å². The maximum absolute atomic E-state index is 12.5. The van der Waals surface area contributed by atoms with Gasteiger partial charge in [-0.3, -0.25) is 14.4 Å². The minimum Gasteiger partial charge on any atom is -0.453 e. The first-order valence-electron chi connectivity index (χ1n) is 9.39. The third-order valence-electron chi connectivity index (χ3n) is 4.31. The third-order valence-corrected chi connectivity index (χ3v) is 4.31. The van der Waals surface area contributed by atoms with Crippen molar-refractivity contribution in [2.75, 3.05) is 5.32 Å². The Balaban J connectivity index is 1.58. The Labute approximate surface area is 167 Å². The van der Waals surface area contributed by atoms with E-state index in [0.717, 1.165) is 6.42 Å². The Morgan fingerprint density at radius 1 is 1.10 bits per heavy atom. The lowest BCUT2D eigenvalue weighted by molar-refractivity contribution is -0.147. The fourth-order valence-electron chi connectivity index (χ4n) is 2.85. The lowest BCUT2D eigenvalue weighted by atomic mass is 10.1. The number of nitrogens with zero attached hydrogens (tertiary/aromatic N) is 3. The summed E-state index contributed by atoms with van der Waals surface area (Å²) in [4.78, 5) is 36.4. The number of amides is 1. The number of esters is 1. The molecule has 0 saturated heterocycles. The molecule has 0 aliphatic carbocycles. The summed E-state index contributed by atoms with van der Waals surface area (Å²) in [5, 5.41) is 10.7. The minimum absolute atomic E-state index is 0.0745. The summed E-state index contributed by atoms with van der Waals surface area (Å²) in [5.74, 6) is -0.979. The number of hydrogen-bond donors (Lipinski definition) is 1. The number of ether oxygens (including phenoxy) is 1. The van der Waals surface area contributed by atoms with Crippen LogP contribution in [0, 0.1) is 0 Å². The van der Waals surface area contributed by atoms with Crippen molar-refractivity contribution in [3.05, 3.63) is 54.1 Å². The van der Waals surface area contributed by atoms with Crippen LogP contribution in [-0.4, -0.2) is 38.8 Å². The lowest BCUT2D eigenvalue weighted by Crippen LogP contribution is -2.26. The molecule has 150 valence electrons. The first-order chi connectivity index (χ1) is 14.0. The number of nitrogens with one attached hydrogen (secondary N) is 1. The van der Waals surface area contributed by atoms with E-state index in [2.05, 4.69) is 15.6 Å². The van der Waals surface area contributed by atoms with Gasteiger partial charge in [-0.2, -0.15) is 0 Å². The summed E-state index contributed by atoms with van der Waals surface area (Å²) >= 11 is 0. The van der Waals surface area contributed by atoms with Crippen molar-refractivity contribution < 1.29 is 19.1 Å². The number of benzene rings is 2. The standard InChI is InChI=1S/C21H22N4O4/c1-3-6-19(26)22-16-11-9-15(10-12-16)21(28)14(2)29-20(27)13-25-18-8-5-4-7-17(18)23-24-25/h4-5,7-12,14H,3,6,13H2,1-2H3,(H,22,26). The van der Waals surface area contributed by atoms with E-state index in [1.165, 1.54) is 11.6 Å². The number of rotatable bonds is 8. The molecule has 0 saturated carbocycles. The van der Waals surface area contributed by atoms with Crippen molar-refractivity contribution in [1.82, 2.24) is 15.0 Å². The van der Waals surface area contributed by atoms with E-state index in [4.69, 9.17) is 4.74 Å². The molecule has 1 unspecified atom stereocenters. The van der Waals surface area contributed by atoms with Crippen molar-refractivity contribution >= 4 is 34.4 Å². The second-order valence-corrected chi connectivity index (χ2v) is 6.61. The molecule has 1 heterocycles. The molecule has 8 nitrogen and oxygen atoms in total. The molecule has 1 amide bonds. The molecule has 3 aromatic rings. The fraction of sp³-hybridized carbons (Fsp3) is 0.286. The van der Waals surface area contributed by atoms with Crippen LogP contribution in [0.15, 0.2) is 48.5 Å². The number of hydrogen-bond acceptors (Lipinski definition) is 6. The average molecular weight is 394 g/mol. The number of aromatic nitrogens is 3. The molecule has 8 heteroatoms. The van der Waals surface area contributed by atoms with Gasteiger partial charge in [-0.15, -0.1) is 5.10 Å². The monoisotopic (exact) mass is 394 g/mol. The number of carbonyl (C=O) groups is 3. The van der Waals surface area contributed by atoms with Crippen molar-refractivity contribution in [2.24, 2.45) is 0 Å². The van der Waals surface area contributed by atoms with Crippen LogP contribution in [0.5, 0.6) is 0 Å². The van der Waals surface area contributed by atoms with Gasteiger partial charge in [0, 0.05) is 17.7 Å². The number of ketones is 1. The van der Waals surface area contributed by atoms with Gasteiger partial charge in [-0.1, -0.05) is 24.3 Å². The first kappa shape index (κ1) is 20.2. The van der Waals surface area contributed by atoms with E-state index < -0.39 is 12.1 Å². The zero-order valence-electron chi connectivity index (χ0n) is 16.3. The van der Waals surface area contributed by atoms with Gasteiger partial charge in [-0.05, 0) is 49.7 Å². The molecule has 0 aliphatic heterocycles. The quantitative estimate of drug-likeness (QED) is 0.465. The van der Waals surface area contributed by atoms with Crippen LogP contribution >= 0.6 is 0 Å². The van der Waals surface area contributed by atoms with E-state index in [9.17, 15) is 14.4 Å². The van der Waals surface area contributed by atoms with Crippen LogP contribution in [0.2, 0.25) is 0 Å². The molecular formula is C21H22N4O4. The summed E-state index contributed by atoms with van der Waals surface area (Å²) in [6, 6.07) is 13.8. The average Bonchev–Trinajstić information content (AvgIpc) is 3.11. The summed E-state index contributed by atoms with van der Waals surface area (Å²) in [7, 11) is 0. The normalized spacial score (nSPS) is 11.8. The molecule has 0 aliphatic rings. The number of fused-ring (bicyclic) bond motifs is 1. The molecular weight excluding hydrogens is 372 g/mol. The van der Waals surface area contributed by atoms with E-state index >= 15 is 0 Å². The summed E-state index contributed by atoms with van der Waals surface area (Å²) in [6.45, 7) is 3.31. The maximum atomic E-state index is 12.5. The molecule has 0 fully saturated rings. The van der Waals surface area contributed by atoms with E-state index in [0.29, 0.717) is 28.7 Å². The smallest absolute Gasteiger partial charge is 0.328 e. The highest BCUT2D eigenvalue weighted by Crippen LogP contribution is 2.14. The largest absolute Gasteiger partial charge is 0.453 e. The van der Waals surface area contributed by atoms with Crippen molar-refractivity contribution in [3.8, 4) is 0 Å². The van der Waals surface area contributed by atoms with Gasteiger partial charge in [-0.25, -0.2) is 4.68 Å². The van der Waals surface area contributed by atoms with Gasteiger partial charge < -0.3 is 10.1 Å². The SMILES string of the molecule is CCCC(=O)Nc1ccc(C(=O)C(C)OC(=O)Cn2nnc3ccccc32)cc1. The van der Waals surface area contributed by atoms with Crippen LogP contribution in [0.3, 0.4) is 0 Å². The Morgan fingerprint density at radius 2 is 1.83 bits per heavy atom. The van der Waals surface area contributed by atoms with Gasteiger partial charge in [0.25, 0.3) is 0 Å². The summed E-state index contributed by atoms with van der Waals surface area (Å²) in [6.07, 6.45) is 0.252. The first-order valence-corrected chi connectivity index (χ1v) is 9.39. The predicted molar refractivity (Wildman–Crippen MR) is 107 cm³/mol. The molecule has 0 radical (unpaired) electrons. The minimum atomic E-state index is -0.946. The zero-order valence-corrected chi connectivity index (χ0v) is 16.3. The van der Waals surface area contributed by atoms with Gasteiger partial charge in [0.15, 0.2) is 6.10 Å². The van der Waals surface area contributed by atoms with Crippen LogP contribution in [0.1, 0.15) is 37.0 Å². The van der Waals surface area contributed by atoms with Crippen LogP contribution in [0.4, 0.5) is 5.69 Å². The fourth-order valence-corrected chi connectivity index (χ4v) is 2.85. The molecule has 3 rings (SSSR count). The second kappa shape index (κ2) is 9.09. The number of anilines is 1. The number of carbonyl (C=O) groups excluding carboxylic acids is 3. The lowest BCUT2D eigenvalue weighted by Gasteiger charge is -2.13. The topological polar surface area (TPSA) is 103 Å². The zero-order chi connectivity index (χ0) is 20.8. The number of Topliss-reactive ketones (excluding diaryl/α,β-unsaturated/α-hetero) is 1. The molecule has 1 aromatic heterocycles. The van der Waals surface area contributed by atoms with Gasteiger partial charge >= 0.3 is 5.97 Å². The highest BCUT2D eigenvalue weighted by molar-refractivity contribution is 6.00. The van der Waals surface area contributed by atoms with Crippen LogP contribution in [-0.2, 0) is 20.9 Å². The van der Waals surface area contributed by atoms with Crippen molar-refractivity contribution in [1.29, 1.82) is 0 Å². The van der Waals surface area contributed by atoms with E-state index in [-0.39, 0.29) is 18.2 Å². The van der Waals surface area contributed by atoms with Crippen molar-refractivity contribution in [2.45, 2.75) is 39.3 Å². The Hall–Kier alpha value is -3.55. The molecule has 2 aromatic carbocycles. The van der Waals surface area contributed by atoms with Gasteiger partial charge in [0.2, 0.25) is 11.7 Å². The maximum Gasteiger partial charge on any atom is 0.328 e. The predicted octanol–water partition coefficient (Wildman–Crippen LogP) is 2.98. The third kappa shape index (κ3) is 5.04. The van der Waals surface area contributed by atoms with Crippen LogP contribution < -0.4 is 5.32 Å².